The summed E-state index contributed by atoms with van der Waals surface area (Å²) >= 11 is 0. The zero-order valence-corrected chi connectivity index (χ0v) is 12.9. The van der Waals surface area contributed by atoms with Crippen LogP contribution in [-0.2, 0) is 9.53 Å². The van der Waals surface area contributed by atoms with Gasteiger partial charge in [-0.2, -0.15) is 0 Å². The summed E-state index contributed by atoms with van der Waals surface area (Å²) in [7, 11) is 0. The van der Waals surface area contributed by atoms with Crippen molar-refractivity contribution in [3.05, 3.63) is 0 Å². The van der Waals surface area contributed by atoms with Crippen LogP contribution < -0.4 is 11.1 Å². The zero-order valence-electron chi connectivity index (χ0n) is 12.9. The van der Waals surface area contributed by atoms with Gasteiger partial charge in [0.05, 0.1) is 6.10 Å². The molecule has 5 heteroatoms. The highest BCUT2D eigenvalue weighted by atomic mass is 16.5. The molecule has 0 aromatic carbocycles. The quantitative estimate of drug-likeness (QED) is 0.754. The molecule has 20 heavy (non-hydrogen) atoms. The standard InChI is InChI=1S/C15H29N3O2/c1-12(2)11-18-7-5-15(6-8-18,14(16)19)17-10-13-4-3-9-20-13/h12-13,17H,3-11H2,1-2H3,(H2,16,19). The van der Waals surface area contributed by atoms with Crippen LogP contribution >= 0.6 is 0 Å². The number of nitrogens with zero attached hydrogens (tertiary/aromatic N) is 1. The monoisotopic (exact) mass is 283 g/mol. The van der Waals surface area contributed by atoms with Gasteiger partial charge in [-0.1, -0.05) is 13.8 Å². The van der Waals surface area contributed by atoms with Crippen molar-refractivity contribution < 1.29 is 9.53 Å². The number of primary amides is 1. The lowest BCUT2D eigenvalue weighted by molar-refractivity contribution is -0.126. The molecule has 0 radical (unpaired) electrons. The van der Waals surface area contributed by atoms with Crippen LogP contribution in [0.15, 0.2) is 0 Å². The molecule has 2 rings (SSSR count). The lowest BCUT2D eigenvalue weighted by Crippen LogP contribution is -2.62. The summed E-state index contributed by atoms with van der Waals surface area (Å²) in [6.45, 7) is 9.03. The topological polar surface area (TPSA) is 67.6 Å². The second-order valence-corrected chi connectivity index (χ2v) is 6.66. The summed E-state index contributed by atoms with van der Waals surface area (Å²) in [6, 6.07) is 0. The number of carbonyl (C=O) groups is 1. The van der Waals surface area contributed by atoms with Gasteiger partial charge in [0.2, 0.25) is 5.91 Å². The number of carbonyl (C=O) groups excluding carboxylic acids is 1. The lowest BCUT2D eigenvalue weighted by atomic mass is 9.86. The van der Waals surface area contributed by atoms with Crippen LogP contribution in [-0.4, -0.2) is 55.2 Å². The molecule has 5 nitrogen and oxygen atoms in total. The van der Waals surface area contributed by atoms with Crippen molar-refractivity contribution in [2.24, 2.45) is 11.7 Å². The molecular weight excluding hydrogens is 254 g/mol. The Hall–Kier alpha value is -0.650. The summed E-state index contributed by atoms with van der Waals surface area (Å²) in [4.78, 5) is 14.3. The molecule has 0 aliphatic carbocycles. The summed E-state index contributed by atoms with van der Waals surface area (Å²) in [5.41, 5.74) is 5.14. The molecule has 0 aromatic heterocycles. The van der Waals surface area contributed by atoms with Gasteiger partial charge in [0.25, 0.3) is 0 Å². The maximum atomic E-state index is 11.9. The van der Waals surface area contributed by atoms with Gasteiger partial charge in [0.15, 0.2) is 0 Å². The Morgan fingerprint density at radius 1 is 1.45 bits per heavy atom. The number of ether oxygens (including phenoxy) is 1. The Morgan fingerprint density at radius 2 is 2.15 bits per heavy atom. The molecular formula is C15H29N3O2. The highest BCUT2D eigenvalue weighted by molar-refractivity contribution is 5.84. The SMILES string of the molecule is CC(C)CN1CCC(NCC2CCCO2)(C(N)=O)CC1. The first-order valence-corrected chi connectivity index (χ1v) is 7.91. The number of amides is 1. The van der Waals surface area contributed by atoms with Gasteiger partial charge in [0, 0.05) is 32.8 Å². The van der Waals surface area contributed by atoms with Gasteiger partial charge in [-0.3, -0.25) is 4.79 Å². The summed E-state index contributed by atoms with van der Waals surface area (Å²) in [6.07, 6.45) is 4.07. The van der Waals surface area contributed by atoms with E-state index in [0.29, 0.717) is 5.92 Å². The van der Waals surface area contributed by atoms with E-state index in [0.717, 1.165) is 58.5 Å². The molecule has 0 bridgehead atoms. The molecule has 0 aromatic rings. The number of hydrogen-bond acceptors (Lipinski definition) is 4. The lowest BCUT2D eigenvalue weighted by Gasteiger charge is -2.41. The summed E-state index contributed by atoms with van der Waals surface area (Å²) in [5, 5.41) is 3.42. The molecule has 116 valence electrons. The minimum atomic E-state index is -0.528. The minimum absolute atomic E-state index is 0.209. The normalized spacial score (nSPS) is 27.1. The van der Waals surface area contributed by atoms with E-state index < -0.39 is 5.54 Å². The van der Waals surface area contributed by atoms with E-state index in [9.17, 15) is 4.79 Å². The summed E-state index contributed by atoms with van der Waals surface area (Å²) in [5.74, 6) is 0.454. The third-order valence-electron chi connectivity index (χ3n) is 4.50. The third kappa shape index (κ3) is 3.93. The fraction of sp³-hybridized carbons (Fsp3) is 0.933. The molecule has 0 saturated carbocycles. The largest absolute Gasteiger partial charge is 0.377 e. The highest BCUT2D eigenvalue weighted by Gasteiger charge is 2.40. The van der Waals surface area contributed by atoms with Crippen molar-refractivity contribution in [2.75, 3.05) is 32.8 Å². The van der Waals surface area contributed by atoms with E-state index in [2.05, 4.69) is 24.1 Å². The fourth-order valence-corrected chi connectivity index (χ4v) is 3.26. The number of nitrogens with one attached hydrogen (secondary N) is 1. The number of piperidine rings is 1. The Morgan fingerprint density at radius 3 is 2.65 bits per heavy atom. The molecule has 1 amide bonds. The third-order valence-corrected chi connectivity index (χ3v) is 4.50. The first-order valence-electron chi connectivity index (χ1n) is 7.91. The number of likely N-dealkylation sites (tertiary alicyclic amines) is 1. The maximum Gasteiger partial charge on any atom is 0.237 e. The van der Waals surface area contributed by atoms with Crippen LogP contribution in [0, 0.1) is 5.92 Å². The van der Waals surface area contributed by atoms with Gasteiger partial charge in [0.1, 0.15) is 5.54 Å². The van der Waals surface area contributed by atoms with Crippen molar-refractivity contribution in [1.29, 1.82) is 0 Å². The van der Waals surface area contributed by atoms with Crippen LogP contribution in [0.3, 0.4) is 0 Å². The van der Waals surface area contributed by atoms with Crippen molar-refractivity contribution in [3.8, 4) is 0 Å². The molecule has 0 spiro atoms. The van der Waals surface area contributed by atoms with Crippen LogP contribution in [0.4, 0.5) is 0 Å². The molecule has 2 aliphatic rings. The van der Waals surface area contributed by atoms with Crippen LogP contribution in [0.5, 0.6) is 0 Å². The molecule has 2 aliphatic heterocycles. The van der Waals surface area contributed by atoms with Crippen LogP contribution in [0.25, 0.3) is 0 Å². The van der Waals surface area contributed by atoms with Gasteiger partial charge < -0.3 is 20.7 Å². The van der Waals surface area contributed by atoms with Gasteiger partial charge in [-0.15, -0.1) is 0 Å². The zero-order chi connectivity index (χ0) is 14.6. The molecule has 1 unspecified atom stereocenters. The van der Waals surface area contributed by atoms with Crippen molar-refractivity contribution in [3.63, 3.8) is 0 Å². The number of hydrogen-bond donors (Lipinski definition) is 2. The molecule has 1 atom stereocenters. The van der Waals surface area contributed by atoms with Crippen LogP contribution in [0.2, 0.25) is 0 Å². The Bertz CT molecular complexity index is 319. The van der Waals surface area contributed by atoms with E-state index in [1.807, 2.05) is 0 Å². The van der Waals surface area contributed by atoms with E-state index in [-0.39, 0.29) is 12.0 Å². The van der Waals surface area contributed by atoms with Gasteiger partial charge >= 0.3 is 0 Å². The number of nitrogens with two attached hydrogens (primary N) is 1. The van der Waals surface area contributed by atoms with Crippen LogP contribution in [0.1, 0.15) is 39.5 Å². The van der Waals surface area contributed by atoms with Crippen molar-refractivity contribution in [2.45, 2.75) is 51.2 Å². The predicted molar refractivity (Wildman–Crippen MR) is 79.4 cm³/mol. The minimum Gasteiger partial charge on any atom is -0.377 e. The first kappa shape index (κ1) is 15.7. The second-order valence-electron chi connectivity index (χ2n) is 6.66. The smallest absolute Gasteiger partial charge is 0.237 e. The van der Waals surface area contributed by atoms with Gasteiger partial charge in [-0.25, -0.2) is 0 Å². The second kappa shape index (κ2) is 6.87. The van der Waals surface area contributed by atoms with E-state index in [4.69, 9.17) is 10.5 Å². The molecule has 3 N–H and O–H groups in total. The molecule has 2 saturated heterocycles. The number of rotatable bonds is 6. The first-order chi connectivity index (χ1) is 9.52. The Labute approximate surface area is 122 Å². The van der Waals surface area contributed by atoms with Crippen molar-refractivity contribution in [1.82, 2.24) is 10.2 Å². The fourth-order valence-electron chi connectivity index (χ4n) is 3.26. The Balaban J connectivity index is 1.85. The average molecular weight is 283 g/mol. The highest BCUT2D eigenvalue weighted by Crippen LogP contribution is 2.23. The summed E-state index contributed by atoms with van der Waals surface area (Å²) < 4.78 is 5.62. The predicted octanol–water partition coefficient (Wildman–Crippen LogP) is 0.731. The maximum absolute atomic E-state index is 11.9. The van der Waals surface area contributed by atoms with Crippen molar-refractivity contribution >= 4 is 5.91 Å². The van der Waals surface area contributed by atoms with E-state index in [1.165, 1.54) is 0 Å². The van der Waals surface area contributed by atoms with Gasteiger partial charge in [-0.05, 0) is 31.6 Å². The van der Waals surface area contributed by atoms with E-state index in [1.54, 1.807) is 0 Å². The average Bonchev–Trinajstić information content (AvgIpc) is 2.90. The van der Waals surface area contributed by atoms with E-state index >= 15 is 0 Å². The molecule has 2 fully saturated rings. The Kier molecular flexibility index (Phi) is 5.41. The molecule has 2 heterocycles.